The van der Waals surface area contributed by atoms with Gasteiger partial charge < -0.3 is 9.47 Å². The van der Waals surface area contributed by atoms with Crippen molar-refractivity contribution >= 4 is 6.16 Å². The van der Waals surface area contributed by atoms with Gasteiger partial charge in [0.1, 0.15) is 6.10 Å². The second-order valence-corrected chi connectivity index (χ2v) is 3.22. The fourth-order valence-corrected chi connectivity index (χ4v) is 1.42. The quantitative estimate of drug-likeness (QED) is 0.374. The fraction of sp³-hybridized carbons (Fsp3) is 0.700. The van der Waals surface area contributed by atoms with Gasteiger partial charge in [0.15, 0.2) is 6.10 Å². The van der Waals surface area contributed by atoms with Crippen LogP contribution in [-0.4, -0.2) is 18.4 Å². The van der Waals surface area contributed by atoms with E-state index in [1.807, 2.05) is 0 Å². The maximum atomic E-state index is 10.8. The molecule has 0 saturated carbocycles. The third-order valence-electron chi connectivity index (χ3n) is 2.17. The highest BCUT2D eigenvalue weighted by atomic mass is 16.8. The number of ether oxygens (including phenoxy) is 2. The summed E-state index contributed by atoms with van der Waals surface area (Å²) < 4.78 is 9.85. The van der Waals surface area contributed by atoms with Crippen LogP contribution in [0.3, 0.4) is 0 Å². The molecule has 0 aromatic rings. The lowest BCUT2D eigenvalue weighted by Crippen LogP contribution is -2.19. The average Bonchev–Trinajstić information content (AvgIpc) is 2.47. The van der Waals surface area contributed by atoms with E-state index in [2.05, 4.69) is 13.5 Å². The first-order chi connectivity index (χ1) is 6.27. The highest BCUT2D eigenvalue weighted by Crippen LogP contribution is 2.21. The minimum Gasteiger partial charge on any atom is -0.427 e. The lowest BCUT2D eigenvalue weighted by atomic mass is 10.1. The van der Waals surface area contributed by atoms with E-state index < -0.39 is 6.16 Å². The first-order valence-corrected chi connectivity index (χ1v) is 4.77. The van der Waals surface area contributed by atoms with Crippen LogP contribution in [-0.2, 0) is 9.47 Å². The number of rotatable bonds is 5. The molecule has 0 aliphatic carbocycles. The summed E-state index contributed by atoms with van der Waals surface area (Å²) in [4.78, 5) is 10.8. The van der Waals surface area contributed by atoms with Gasteiger partial charge in [-0.05, 0) is 18.9 Å². The lowest BCUT2D eigenvalue weighted by molar-refractivity contribution is 0.115. The molecule has 3 heteroatoms. The zero-order valence-corrected chi connectivity index (χ0v) is 7.99. The van der Waals surface area contributed by atoms with Gasteiger partial charge in [-0.3, -0.25) is 0 Å². The number of hydrogen-bond donors (Lipinski definition) is 0. The molecule has 0 radical (unpaired) electrons. The predicted molar refractivity (Wildman–Crippen MR) is 49.5 cm³/mol. The number of carbonyl (C=O) groups excluding carboxylic acids is 1. The van der Waals surface area contributed by atoms with Gasteiger partial charge in [0, 0.05) is 0 Å². The molecule has 3 nitrogen and oxygen atoms in total. The van der Waals surface area contributed by atoms with Crippen LogP contribution in [0.2, 0.25) is 0 Å². The first-order valence-electron chi connectivity index (χ1n) is 4.77. The molecular formula is C10H16O3. The molecule has 2 atom stereocenters. The maximum Gasteiger partial charge on any atom is 0.509 e. The highest BCUT2D eigenvalue weighted by Gasteiger charge is 2.33. The van der Waals surface area contributed by atoms with E-state index in [0.717, 1.165) is 19.3 Å². The summed E-state index contributed by atoms with van der Waals surface area (Å²) in [7, 11) is 0. The van der Waals surface area contributed by atoms with Gasteiger partial charge in [-0.1, -0.05) is 26.3 Å². The molecule has 0 bridgehead atoms. The molecule has 0 unspecified atom stereocenters. The number of hydrogen-bond acceptors (Lipinski definition) is 3. The first kappa shape index (κ1) is 10.1. The van der Waals surface area contributed by atoms with Crippen LogP contribution in [0.15, 0.2) is 12.7 Å². The van der Waals surface area contributed by atoms with Crippen LogP contribution >= 0.6 is 0 Å². The van der Waals surface area contributed by atoms with E-state index in [-0.39, 0.29) is 12.2 Å². The van der Waals surface area contributed by atoms with Crippen molar-refractivity contribution in [3.63, 3.8) is 0 Å². The molecule has 0 aromatic heterocycles. The zero-order valence-electron chi connectivity index (χ0n) is 7.99. The molecule has 1 aliphatic heterocycles. The van der Waals surface area contributed by atoms with Crippen molar-refractivity contribution < 1.29 is 14.3 Å². The monoisotopic (exact) mass is 184 g/mol. The van der Waals surface area contributed by atoms with Gasteiger partial charge in [0.05, 0.1) is 0 Å². The van der Waals surface area contributed by atoms with Crippen molar-refractivity contribution in [3.8, 4) is 0 Å². The Morgan fingerprint density at radius 1 is 1.46 bits per heavy atom. The number of unbranched alkanes of at least 4 members (excludes halogenated alkanes) is 2. The Bertz CT molecular complexity index is 189. The largest absolute Gasteiger partial charge is 0.509 e. The molecule has 0 N–H and O–H groups in total. The molecule has 13 heavy (non-hydrogen) atoms. The molecular weight excluding hydrogens is 168 g/mol. The highest BCUT2D eigenvalue weighted by molar-refractivity contribution is 5.62. The van der Waals surface area contributed by atoms with Crippen molar-refractivity contribution in [2.75, 3.05) is 0 Å². The van der Waals surface area contributed by atoms with E-state index in [1.54, 1.807) is 6.08 Å². The Labute approximate surface area is 78.7 Å². The van der Waals surface area contributed by atoms with Crippen molar-refractivity contribution in [1.29, 1.82) is 0 Å². The standard InChI is InChI=1S/C10H16O3/c1-3-5-6-7-9-8(4-2)12-10(11)13-9/h4,8-9H,2-3,5-7H2,1H3/t8-,9-/m1/s1. The second-order valence-electron chi connectivity index (χ2n) is 3.22. The van der Waals surface area contributed by atoms with Crippen LogP contribution in [0, 0.1) is 0 Å². The van der Waals surface area contributed by atoms with Gasteiger partial charge in [0.2, 0.25) is 0 Å². The Morgan fingerprint density at radius 2 is 2.23 bits per heavy atom. The normalized spacial score (nSPS) is 26.7. The number of cyclic esters (lactones) is 2. The lowest BCUT2D eigenvalue weighted by Gasteiger charge is -2.10. The molecule has 1 rings (SSSR count). The van der Waals surface area contributed by atoms with Crippen LogP contribution in [0.4, 0.5) is 4.79 Å². The Balaban J connectivity index is 2.31. The minimum absolute atomic E-state index is 0.114. The van der Waals surface area contributed by atoms with Crippen molar-refractivity contribution in [2.24, 2.45) is 0 Å². The SMILES string of the molecule is C=C[C@H]1OC(=O)O[C@@H]1CCCCC. The summed E-state index contributed by atoms with van der Waals surface area (Å²) in [5.74, 6) is 0. The molecule has 1 aliphatic rings. The van der Waals surface area contributed by atoms with Crippen LogP contribution in [0.1, 0.15) is 32.6 Å². The third-order valence-corrected chi connectivity index (χ3v) is 2.17. The van der Waals surface area contributed by atoms with E-state index >= 15 is 0 Å². The summed E-state index contributed by atoms with van der Waals surface area (Å²) in [6, 6.07) is 0. The summed E-state index contributed by atoms with van der Waals surface area (Å²) in [6.07, 6.45) is 4.98. The molecule has 0 spiro atoms. The van der Waals surface area contributed by atoms with Crippen LogP contribution < -0.4 is 0 Å². The maximum absolute atomic E-state index is 10.8. The number of carbonyl (C=O) groups is 1. The topological polar surface area (TPSA) is 35.5 Å². The second kappa shape index (κ2) is 4.90. The smallest absolute Gasteiger partial charge is 0.427 e. The summed E-state index contributed by atoms with van der Waals surface area (Å²) in [5, 5.41) is 0. The molecule has 1 heterocycles. The van der Waals surface area contributed by atoms with Crippen molar-refractivity contribution in [3.05, 3.63) is 12.7 Å². The zero-order chi connectivity index (χ0) is 9.68. The Morgan fingerprint density at radius 3 is 2.85 bits per heavy atom. The average molecular weight is 184 g/mol. The molecule has 1 saturated heterocycles. The van der Waals surface area contributed by atoms with Gasteiger partial charge in [0.25, 0.3) is 0 Å². The van der Waals surface area contributed by atoms with E-state index in [9.17, 15) is 4.79 Å². The Hall–Kier alpha value is -0.990. The van der Waals surface area contributed by atoms with Crippen molar-refractivity contribution in [2.45, 2.75) is 44.8 Å². The van der Waals surface area contributed by atoms with Crippen molar-refractivity contribution in [1.82, 2.24) is 0 Å². The van der Waals surface area contributed by atoms with Gasteiger partial charge in [-0.15, -0.1) is 0 Å². The predicted octanol–water partition coefficient (Wildman–Crippen LogP) is 2.66. The summed E-state index contributed by atoms with van der Waals surface area (Å²) in [5.41, 5.74) is 0. The molecule has 0 amide bonds. The summed E-state index contributed by atoms with van der Waals surface area (Å²) >= 11 is 0. The summed E-state index contributed by atoms with van der Waals surface area (Å²) in [6.45, 7) is 5.74. The molecule has 74 valence electrons. The third kappa shape index (κ3) is 2.76. The fourth-order valence-electron chi connectivity index (χ4n) is 1.42. The van der Waals surface area contributed by atoms with E-state index in [0.29, 0.717) is 0 Å². The minimum atomic E-state index is -0.564. The van der Waals surface area contributed by atoms with Crippen LogP contribution in [0.5, 0.6) is 0 Å². The Kier molecular flexibility index (Phi) is 3.80. The van der Waals surface area contributed by atoms with E-state index in [1.165, 1.54) is 6.42 Å². The molecule has 0 aromatic carbocycles. The van der Waals surface area contributed by atoms with Gasteiger partial charge in [-0.2, -0.15) is 0 Å². The molecule has 1 fully saturated rings. The van der Waals surface area contributed by atoms with Crippen LogP contribution in [0.25, 0.3) is 0 Å². The van der Waals surface area contributed by atoms with Gasteiger partial charge in [-0.25, -0.2) is 4.79 Å². The van der Waals surface area contributed by atoms with E-state index in [4.69, 9.17) is 9.47 Å². The van der Waals surface area contributed by atoms with Gasteiger partial charge >= 0.3 is 6.16 Å².